The van der Waals surface area contributed by atoms with E-state index in [0.29, 0.717) is 11.3 Å². The van der Waals surface area contributed by atoms with Gasteiger partial charge < -0.3 is 5.32 Å². The topological polar surface area (TPSA) is 29.1 Å². The van der Waals surface area contributed by atoms with Crippen molar-refractivity contribution in [3.05, 3.63) is 65.5 Å². The molecule has 0 saturated heterocycles. The van der Waals surface area contributed by atoms with Crippen molar-refractivity contribution in [2.24, 2.45) is 0 Å². The minimum absolute atomic E-state index is 0.108. The molecule has 20 heavy (non-hydrogen) atoms. The van der Waals surface area contributed by atoms with E-state index in [4.69, 9.17) is 0 Å². The number of carbonyl (C=O) groups is 1. The molecule has 0 aliphatic heterocycles. The molecular weight excluding hydrogens is 253 g/mol. The second-order valence-corrected chi connectivity index (χ2v) is 5.36. The summed E-state index contributed by atoms with van der Waals surface area (Å²) in [6, 6.07) is 14.6. The average molecular weight is 269 g/mol. The zero-order valence-corrected chi connectivity index (χ0v) is 11.3. The highest BCUT2D eigenvalue weighted by atomic mass is 19.1. The molecule has 1 N–H and O–H groups in total. The summed E-state index contributed by atoms with van der Waals surface area (Å²) >= 11 is 0. The lowest BCUT2D eigenvalue weighted by Gasteiger charge is -2.20. The van der Waals surface area contributed by atoms with Gasteiger partial charge in [-0.2, -0.15) is 0 Å². The molecule has 2 aromatic rings. The van der Waals surface area contributed by atoms with Crippen molar-refractivity contribution in [1.29, 1.82) is 0 Å². The molecule has 0 spiro atoms. The predicted molar refractivity (Wildman–Crippen MR) is 77.4 cm³/mol. The molecule has 0 aromatic heterocycles. The molecule has 1 aliphatic rings. The molecule has 2 aromatic carbocycles. The number of hydrogen-bond donors (Lipinski definition) is 1. The van der Waals surface area contributed by atoms with E-state index in [1.807, 2.05) is 18.2 Å². The van der Waals surface area contributed by atoms with Crippen LogP contribution < -0.4 is 5.32 Å². The van der Waals surface area contributed by atoms with Gasteiger partial charge >= 0.3 is 0 Å². The number of ketones is 1. The summed E-state index contributed by atoms with van der Waals surface area (Å²) in [5.74, 6) is -0.513. The number of carbonyl (C=O) groups excluding carboxylic acids is 1. The number of rotatable bonds is 4. The van der Waals surface area contributed by atoms with Crippen LogP contribution in [0.25, 0.3) is 0 Å². The Morgan fingerprint density at radius 3 is 2.45 bits per heavy atom. The third kappa shape index (κ3) is 2.44. The maximum atomic E-state index is 13.6. The molecule has 3 rings (SSSR count). The van der Waals surface area contributed by atoms with Gasteiger partial charge in [0.05, 0.1) is 5.54 Å². The highest BCUT2D eigenvalue weighted by molar-refractivity contribution is 5.95. The number of hydrogen-bond acceptors (Lipinski definition) is 2. The standard InChI is InChI=1S/C17H16FNO/c1-12(20)13-9-15(18)11-16(10-13)19-17(7-8-17)14-5-3-2-4-6-14/h2-6,9-11,19H,7-8H2,1H3. The minimum Gasteiger partial charge on any atom is -0.375 e. The Morgan fingerprint density at radius 2 is 1.85 bits per heavy atom. The molecule has 1 aliphatic carbocycles. The predicted octanol–water partition coefficient (Wildman–Crippen LogP) is 4.13. The quantitative estimate of drug-likeness (QED) is 0.845. The Balaban J connectivity index is 1.90. The highest BCUT2D eigenvalue weighted by Gasteiger charge is 2.44. The van der Waals surface area contributed by atoms with Crippen LogP contribution in [0.4, 0.5) is 10.1 Å². The number of halogens is 1. The molecule has 0 heterocycles. The lowest BCUT2D eigenvalue weighted by atomic mass is 10.0. The van der Waals surface area contributed by atoms with Crippen LogP contribution in [-0.4, -0.2) is 5.78 Å². The maximum absolute atomic E-state index is 13.6. The fraction of sp³-hybridized carbons (Fsp3) is 0.235. The SMILES string of the molecule is CC(=O)c1cc(F)cc(NC2(c3ccccc3)CC2)c1. The molecule has 3 heteroatoms. The largest absolute Gasteiger partial charge is 0.375 e. The van der Waals surface area contributed by atoms with Crippen molar-refractivity contribution in [1.82, 2.24) is 0 Å². The van der Waals surface area contributed by atoms with Crippen molar-refractivity contribution in [2.75, 3.05) is 5.32 Å². The Hall–Kier alpha value is -2.16. The Kier molecular flexibility index (Phi) is 3.05. The molecule has 1 saturated carbocycles. The van der Waals surface area contributed by atoms with Gasteiger partial charge in [-0.15, -0.1) is 0 Å². The molecule has 0 radical (unpaired) electrons. The highest BCUT2D eigenvalue weighted by Crippen LogP contribution is 2.48. The monoisotopic (exact) mass is 269 g/mol. The molecule has 0 atom stereocenters. The third-order valence-electron chi connectivity index (χ3n) is 3.76. The number of anilines is 1. The van der Waals surface area contributed by atoms with Gasteiger partial charge in [0, 0.05) is 11.3 Å². The first kappa shape index (κ1) is 12.9. The van der Waals surface area contributed by atoms with Crippen LogP contribution in [0.1, 0.15) is 35.7 Å². The van der Waals surface area contributed by atoms with E-state index < -0.39 is 0 Å². The molecular formula is C17H16FNO. The van der Waals surface area contributed by atoms with Crippen LogP contribution in [0, 0.1) is 5.82 Å². The fourth-order valence-electron chi connectivity index (χ4n) is 2.51. The van der Waals surface area contributed by atoms with E-state index >= 15 is 0 Å². The average Bonchev–Trinajstić information content (AvgIpc) is 3.20. The van der Waals surface area contributed by atoms with Crippen LogP contribution in [0.5, 0.6) is 0 Å². The van der Waals surface area contributed by atoms with Gasteiger partial charge in [-0.05, 0) is 43.5 Å². The summed E-state index contributed by atoms with van der Waals surface area (Å²) in [6.07, 6.45) is 2.03. The maximum Gasteiger partial charge on any atom is 0.159 e. The third-order valence-corrected chi connectivity index (χ3v) is 3.76. The van der Waals surface area contributed by atoms with Crippen molar-refractivity contribution < 1.29 is 9.18 Å². The van der Waals surface area contributed by atoms with E-state index in [1.54, 1.807) is 6.07 Å². The molecule has 0 amide bonds. The number of Topliss-reactive ketones (excluding diaryl/α,β-unsaturated/α-hetero) is 1. The van der Waals surface area contributed by atoms with Crippen molar-refractivity contribution in [3.63, 3.8) is 0 Å². The first-order chi connectivity index (χ1) is 9.59. The summed E-state index contributed by atoms with van der Waals surface area (Å²) in [6.45, 7) is 1.45. The van der Waals surface area contributed by atoms with Crippen molar-refractivity contribution in [2.45, 2.75) is 25.3 Å². The first-order valence-corrected chi connectivity index (χ1v) is 6.74. The number of benzene rings is 2. The Morgan fingerprint density at radius 1 is 1.15 bits per heavy atom. The zero-order valence-electron chi connectivity index (χ0n) is 11.3. The van der Waals surface area contributed by atoms with Gasteiger partial charge in [0.15, 0.2) is 5.78 Å². The van der Waals surface area contributed by atoms with E-state index in [1.165, 1.54) is 24.6 Å². The summed E-state index contributed by atoms with van der Waals surface area (Å²) in [4.78, 5) is 11.4. The second-order valence-electron chi connectivity index (χ2n) is 5.36. The van der Waals surface area contributed by atoms with Crippen LogP contribution in [0.3, 0.4) is 0 Å². The van der Waals surface area contributed by atoms with E-state index in [9.17, 15) is 9.18 Å². The van der Waals surface area contributed by atoms with Gasteiger partial charge in [-0.25, -0.2) is 4.39 Å². The molecule has 102 valence electrons. The van der Waals surface area contributed by atoms with E-state index in [0.717, 1.165) is 12.8 Å². The first-order valence-electron chi connectivity index (χ1n) is 6.74. The summed E-state index contributed by atoms with van der Waals surface area (Å²) in [7, 11) is 0. The summed E-state index contributed by atoms with van der Waals surface area (Å²) in [5, 5.41) is 3.39. The Bertz CT molecular complexity index is 647. The van der Waals surface area contributed by atoms with Crippen LogP contribution in [-0.2, 0) is 5.54 Å². The van der Waals surface area contributed by atoms with Gasteiger partial charge in [0.1, 0.15) is 5.82 Å². The Labute approximate surface area is 117 Å². The van der Waals surface area contributed by atoms with Crippen LogP contribution in [0.2, 0.25) is 0 Å². The lowest BCUT2D eigenvalue weighted by molar-refractivity contribution is 0.101. The van der Waals surface area contributed by atoms with Gasteiger partial charge in [0.2, 0.25) is 0 Å². The smallest absolute Gasteiger partial charge is 0.159 e. The van der Waals surface area contributed by atoms with Crippen LogP contribution >= 0.6 is 0 Å². The second kappa shape index (κ2) is 4.75. The minimum atomic E-state index is -0.385. The van der Waals surface area contributed by atoms with Gasteiger partial charge in [-0.1, -0.05) is 30.3 Å². The van der Waals surface area contributed by atoms with Gasteiger partial charge in [-0.3, -0.25) is 4.79 Å². The lowest BCUT2D eigenvalue weighted by Crippen LogP contribution is -2.19. The molecule has 2 nitrogen and oxygen atoms in total. The summed E-state index contributed by atoms with van der Waals surface area (Å²) < 4.78 is 13.6. The molecule has 0 unspecified atom stereocenters. The molecule has 0 bridgehead atoms. The van der Waals surface area contributed by atoms with E-state index in [2.05, 4.69) is 17.4 Å². The fourth-order valence-corrected chi connectivity index (χ4v) is 2.51. The van der Waals surface area contributed by atoms with E-state index in [-0.39, 0.29) is 17.1 Å². The number of nitrogens with one attached hydrogen (secondary N) is 1. The van der Waals surface area contributed by atoms with Crippen molar-refractivity contribution in [3.8, 4) is 0 Å². The summed E-state index contributed by atoms with van der Waals surface area (Å²) in [5.41, 5.74) is 2.16. The van der Waals surface area contributed by atoms with Gasteiger partial charge in [0.25, 0.3) is 0 Å². The van der Waals surface area contributed by atoms with Crippen LogP contribution in [0.15, 0.2) is 48.5 Å². The normalized spacial score (nSPS) is 15.7. The molecule has 1 fully saturated rings. The van der Waals surface area contributed by atoms with Crippen molar-refractivity contribution >= 4 is 11.5 Å². The zero-order chi connectivity index (χ0) is 14.2.